The van der Waals surface area contributed by atoms with Crippen LogP contribution in [0.3, 0.4) is 0 Å². The van der Waals surface area contributed by atoms with E-state index in [1.54, 1.807) is 6.20 Å². The molecule has 0 unspecified atom stereocenters. The number of rotatable bonds is 4. The molecule has 0 saturated carbocycles. The summed E-state index contributed by atoms with van der Waals surface area (Å²) in [6.07, 6.45) is 1.58. The Balaban J connectivity index is 1.87. The Morgan fingerprint density at radius 2 is 1.78 bits per heavy atom. The zero-order valence-electron chi connectivity index (χ0n) is 12.7. The molecule has 1 heterocycles. The Kier molecular flexibility index (Phi) is 4.44. The van der Waals surface area contributed by atoms with Crippen LogP contribution >= 0.6 is 11.6 Å². The lowest BCUT2D eigenvalue weighted by Gasteiger charge is -2.11. The molecular weight excluding hydrogens is 310 g/mol. The third-order valence-electron chi connectivity index (χ3n) is 3.65. The molecule has 3 rings (SSSR count). The van der Waals surface area contributed by atoms with Crippen LogP contribution in [0.2, 0.25) is 5.02 Å². The molecule has 4 nitrogen and oxygen atoms in total. The Morgan fingerprint density at radius 1 is 1.09 bits per heavy atom. The van der Waals surface area contributed by atoms with Gasteiger partial charge >= 0.3 is 0 Å². The monoisotopic (exact) mass is 325 g/mol. The minimum Gasteiger partial charge on any atom is -0.378 e. The van der Waals surface area contributed by atoms with E-state index in [1.165, 1.54) is 10.2 Å². The predicted octanol–water partition coefficient (Wildman–Crippen LogP) is 3.81. The fourth-order valence-corrected chi connectivity index (χ4v) is 2.50. The Hall–Kier alpha value is -2.59. The van der Waals surface area contributed by atoms with Crippen LogP contribution in [-0.2, 0) is 6.54 Å². The predicted molar refractivity (Wildman–Crippen MR) is 93.3 cm³/mol. The zero-order valence-corrected chi connectivity index (χ0v) is 13.4. The first kappa shape index (κ1) is 15.3. The van der Waals surface area contributed by atoms with E-state index < -0.39 is 0 Å². The van der Waals surface area contributed by atoms with E-state index in [9.17, 15) is 4.79 Å². The van der Waals surface area contributed by atoms with Crippen molar-refractivity contribution in [1.82, 2.24) is 9.78 Å². The molecule has 0 saturated heterocycles. The van der Waals surface area contributed by atoms with Crippen molar-refractivity contribution in [3.8, 4) is 5.69 Å². The standard InChI is InChI=1S/C18H16ClN3O/c1-13-7-5-6-8-14(13)11-20-16-12-21-22(18(23)17(16)19)15-9-3-2-4-10-15/h2-10,12,20H,11H2,1H3. The summed E-state index contributed by atoms with van der Waals surface area (Å²) in [6.45, 7) is 2.63. The number of halogens is 1. The number of nitrogens with one attached hydrogen (secondary N) is 1. The first-order valence-corrected chi connectivity index (χ1v) is 7.66. The van der Waals surface area contributed by atoms with Gasteiger partial charge in [-0.05, 0) is 30.2 Å². The van der Waals surface area contributed by atoms with Crippen molar-refractivity contribution < 1.29 is 0 Å². The quantitative estimate of drug-likeness (QED) is 0.793. The molecule has 0 aliphatic rings. The molecule has 0 bridgehead atoms. The number of hydrogen-bond donors (Lipinski definition) is 1. The Morgan fingerprint density at radius 3 is 2.52 bits per heavy atom. The third kappa shape index (κ3) is 3.27. The van der Waals surface area contributed by atoms with Crippen molar-refractivity contribution in [2.24, 2.45) is 0 Å². The van der Waals surface area contributed by atoms with Crippen LogP contribution in [0, 0.1) is 6.92 Å². The van der Waals surface area contributed by atoms with Gasteiger partial charge in [0.2, 0.25) is 0 Å². The van der Waals surface area contributed by atoms with Gasteiger partial charge in [-0.1, -0.05) is 54.1 Å². The van der Waals surface area contributed by atoms with Gasteiger partial charge in [0, 0.05) is 6.54 Å². The normalized spacial score (nSPS) is 10.5. The Bertz CT molecular complexity index is 875. The highest BCUT2D eigenvalue weighted by Crippen LogP contribution is 2.18. The maximum absolute atomic E-state index is 12.4. The van der Waals surface area contributed by atoms with Gasteiger partial charge in [-0.25, -0.2) is 0 Å². The molecular formula is C18H16ClN3O. The second-order valence-corrected chi connectivity index (χ2v) is 5.58. The summed E-state index contributed by atoms with van der Waals surface area (Å²) in [7, 11) is 0. The molecule has 0 spiro atoms. The fraction of sp³-hybridized carbons (Fsp3) is 0.111. The highest BCUT2D eigenvalue weighted by Gasteiger charge is 2.10. The molecule has 0 aliphatic carbocycles. The number of para-hydroxylation sites is 1. The topological polar surface area (TPSA) is 46.9 Å². The number of hydrogen-bond acceptors (Lipinski definition) is 3. The second kappa shape index (κ2) is 6.67. The van der Waals surface area contributed by atoms with Crippen molar-refractivity contribution in [2.75, 3.05) is 5.32 Å². The summed E-state index contributed by atoms with van der Waals surface area (Å²) in [6, 6.07) is 17.3. The lowest BCUT2D eigenvalue weighted by Crippen LogP contribution is -2.22. The van der Waals surface area contributed by atoms with E-state index >= 15 is 0 Å². The van der Waals surface area contributed by atoms with Gasteiger partial charge in [0.05, 0.1) is 17.6 Å². The smallest absolute Gasteiger partial charge is 0.292 e. The minimum atomic E-state index is -0.340. The molecule has 5 heteroatoms. The molecule has 0 fully saturated rings. The molecule has 2 aromatic carbocycles. The number of aryl methyl sites for hydroxylation is 1. The molecule has 1 N–H and O–H groups in total. The van der Waals surface area contributed by atoms with E-state index in [0.29, 0.717) is 17.9 Å². The number of benzene rings is 2. The molecule has 0 radical (unpaired) electrons. The van der Waals surface area contributed by atoms with E-state index in [0.717, 1.165) is 5.56 Å². The van der Waals surface area contributed by atoms with E-state index in [2.05, 4.69) is 10.4 Å². The van der Waals surface area contributed by atoms with Gasteiger partial charge in [-0.3, -0.25) is 4.79 Å². The van der Waals surface area contributed by atoms with Crippen molar-refractivity contribution in [3.63, 3.8) is 0 Å². The van der Waals surface area contributed by atoms with Crippen LogP contribution in [0.5, 0.6) is 0 Å². The summed E-state index contributed by atoms with van der Waals surface area (Å²) in [5.74, 6) is 0. The molecule has 0 aliphatic heterocycles. The lowest BCUT2D eigenvalue weighted by atomic mass is 10.1. The minimum absolute atomic E-state index is 0.137. The summed E-state index contributed by atoms with van der Waals surface area (Å²) in [4.78, 5) is 12.4. The van der Waals surface area contributed by atoms with Crippen molar-refractivity contribution in [2.45, 2.75) is 13.5 Å². The highest BCUT2D eigenvalue weighted by molar-refractivity contribution is 6.32. The van der Waals surface area contributed by atoms with Crippen molar-refractivity contribution in [1.29, 1.82) is 0 Å². The average molecular weight is 326 g/mol. The molecule has 1 aromatic heterocycles. The van der Waals surface area contributed by atoms with Crippen LogP contribution in [0.1, 0.15) is 11.1 Å². The zero-order chi connectivity index (χ0) is 16.2. The fourth-order valence-electron chi connectivity index (χ4n) is 2.31. The number of anilines is 1. The van der Waals surface area contributed by atoms with Crippen LogP contribution < -0.4 is 10.9 Å². The van der Waals surface area contributed by atoms with Gasteiger partial charge in [0.25, 0.3) is 5.56 Å². The van der Waals surface area contributed by atoms with Gasteiger partial charge in [0.1, 0.15) is 5.02 Å². The van der Waals surface area contributed by atoms with E-state index in [-0.39, 0.29) is 10.6 Å². The largest absolute Gasteiger partial charge is 0.378 e. The molecule has 116 valence electrons. The van der Waals surface area contributed by atoms with Gasteiger partial charge in [-0.2, -0.15) is 9.78 Å². The maximum Gasteiger partial charge on any atom is 0.292 e. The van der Waals surface area contributed by atoms with Crippen molar-refractivity contribution >= 4 is 17.3 Å². The molecule has 23 heavy (non-hydrogen) atoms. The van der Waals surface area contributed by atoms with Gasteiger partial charge < -0.3 is 5.32 Å². The van der Waals surface area contributed by atoms with Gasteiger partial charge in [0.15, 0.2) is 0 Å². The highest BCUT2D eigenvalue weighted by atomic mass is 35.5. The summed E-state index contributed by atoms with van der Waals surface area (Å²) in [5, 5.41) is 7.52. The van der Waals surface area contributed by atoms with Gasteiger partial charge in [-0.15, -0.1) is 0 Å². The summed E-state index contributed by atoms with van der Waals surface area (Å²) in [5.41, 5.74) is 3.21. The second-order valence-electron chi connectivity index (χ2n) is 5.20. The summed E-state index contributed by atoms with van der Waals surface area (Å²) < 4.78 is 1.29. The average Bonchev–Trinajstić information content (AvgIpc) is 2.58. The maximum atomic E-state index is 12.4. The SMILES string of the molecule is Cc1ccccc1CNc1cnn(-c2ccccc2)c(=O)c1Cl. The van der Waals surface area contributed by atoms with Crippen LogP contribution in [0.4, 0.5) is 5.69 Å². The first-order chi connectivity index (χ1) is 11.2. The third-order valence-corrected chi connectivity index (χ3v) is 4.02. The van der Waals surface area contributed by atoms with Crippen molar-refractivity contribution in [3.05, 3.63) is 87.3 Å². The van der Waals surface area contributed by atoms with E-state index in [4.69, 9.17) is 11.6 Å². The molecule has 3 aromatic rings. The Labute approximate surface area is 139 Å². The number of aromatic nitrogens is 2. The first-order valence-electron chi connectivity index (χ1n) is 7.28. The van der Waals surface area contributed by atoms with E-state index in [1.807, 2.05) is 61.5 Å². The summed E-state index contributed by atoms with van der Waals surface area (Å²) >= 11 is 6.22. The molecule has 0 amide bonds. The van der Waals surface area contributed by atoms with Crippen LogP contribution in [0.25, 0.3) is 5.69 Å². The number of nitrogens with zero attached hydrogens (tertiary/aromatic N) is 2. The van der Waals surface area contributed by atoms with Crippen LogP contribution in [-0.4, -0.2) is 9.78 Å². The lowest BCUT2D eigenvalue weighted by molar-refractivity contribution is 0.807. The van der Waals surface area contributed by atoms with Crippen LogP contribution in [0.15, 0.2) is 65.6 Å². The molecule has 0 atom stereocenters.